The fourth-order valence-corrected chi connectivity index (χ4v) is 2.42. The Balaban J connectivity index is 0.00000144. The number of halogens is 2. The summed E-state index contributed by atoms with van der Waals surface area (Å²) in [6.45, 7) is 5.22. The van der Waals surface area contributed by atoms with Crippen molar-refractivity contribution >= 4 is 24.0 Å². The van der Waals surface area contributed by atoms with E-state index in [4.69, 9.17) is 17.3 Å². The van der Waals surface area contributed by atoms with Crippen LogP contribution in [-0.2, 0) is 6.54 Å². The molecule has 1 unspecified atom stereocenters. The molecule has 1 heterocycles. The summed E-state index contributed by atoms with van der Waals surface area (Å²) in [5.74, 6) is 0. The van der Waals surface area contributed by atoms with Crippen molar-refractivity contribution in [1.29, 1.82) is 0 Å². The van der Waals surface area contributed by atoms with Crippen molar-refractivity contribution in [3.05, 3.63) is 34.3 Å². The Labute approximate surface area is 115 Å². The standard InChI is InChI=1S/C13H19ClN2.ClH/c1-10-7-11(4-5-13(10)14)8-16-6-2-3-12(15)9-16;/h4-5,7,12H,2-3,6,8-9,15H2,1H3;1H. The third kappa shape index (κ3) is 4.14. The van der Waals surface area contributed by atoms with Crippen molar-refractivity contribution in [2.45, 2.75) is 32.4 Å². The molecule has 1 saturated heterocycles. The number of nitrogens with two attached hydrogens (primary N) is 1. The Hall–Kier alpha value is -0.280. The summed E-state index contributed by atoms with van der Waals surface area (Å²) in [7, 11) is 0. The van der Waals surface area contributed by atoms with Gasteiger partial charge in [0.15, 0.2) is 0 Å². The van der Waals surface area contributed by atoms with E-state index in [1.54, 1.807) is 0 Å². The molecule has 2 nitrogen and oxygen atoms in total. The van der Waals surface area contributed by atoms with E-state index in [-0.39, 0.29) is 12.4 Å². The van der Waals surface area contributed by atoms with Crippen molar-refractivity contribution in [1.82, 2.24) is 4.90 Å². The number of hydrogen-bond donors (Lipinski definition) is 1. The van der Waals surface area contributed by atoms with E-state index in [2.05, 4.69) is 17.0 Å². The van der Waals surface area contributed by atoms with Crippen LogP contribution in [0.25, 0.3) is 0 Å². The second kappa shape index (κ2) is 6.60. The van der Waals surface area contributed by atoms with Crippen LogP contribution in [0.3, 0.4) is 0 Å². The van der Waals surface area contributed by atoms with Crippen molar-refractivity contribution in [2.75, 3.05) is 13.1 Å². The minimum absolute atomic E-state index is 0. The van der Waals surface area contributed by atoms with Gasteiger partial charge in [-0.2, -0.15) is 0 Å². The maximum absolute atomic E-state index is 6.01. The van der Waals surface area contributed by atoms with Crippen LogP contribution in [0.4, 0.5) is 0 Å². The lowest BCUT2D eigenvalue weighted by Gasteiger charge is -2.30. The summed E-state index contributed by atoms with van der Waals surface area (Å²) in [6.07, 6.45) is 2.38. The highest BCUT2D eigenvalue weighted by atomic mass is 35.5. The predicted octanol–water partition coefficient (Wildman–Crippen LogP) is 2.99. The van der Waals surface area contributed by atoms with Gasteiger partial charge >= 0.3 is 0 Å². The van der Waals surface area contributed by atoms with Gasteiger partial charge in [0.05, 0.1) is 0 Å². The molecule has 1 aliphatic rings. The molecule has 0 bridgehead atoms. The molecular formula is C13H20Cl2N2. The van der Waals surface area contributed by atoms with Crippen LogP contribution in [0.5, 0.6) is 0 Å². The first kappa shape index (κ1) is 14.8. The Kier molecular flexibility index (Phi) is 5.74. The highest BCUT2D eigenvalue weighted by Gasteiger charge is 2.16. The van der Waals surface area contributed by atoms with Gasteiger partial charge in [-0.1, -0.05) is 23.7 Å². The minimum atomic E-state index is 0. The van der Waals surface area contributed by atoms with Crippen LogP contribution < -0.4 is 5.73 Å². The topological polar surface area (TPSA) is 29.3 Å². The van der Waals surface area contributed by atoms with E-state index < -0.39 is 0 Å². The fraction of sp³-hybridized carbons (Fsp3) is 0.538. The van der Waals surface area contributed by atoms with Crippen LogP contribution in [0.2, 0.25) is 5.02 Å². The largest absolute Gasteiger partial charge is 0.327 e. The van der Waals surface area contributed by atoms with Crippen molar-refractivity contribution in [3.8, 4) is 0 Å². The molecule has 0 amide bonds. The Bertz CT molecular complexity index is 368. The quantitative estimate of drug-likeness (QED) is 0.899. The number of benzene rings is 1. The van der Waals surface area contributed by atoms with Gasteiger partial charge in [-0.05, 0) is 43.5 Å². The molecule has 96 valence electrons. The highest BCUT2D eigenvalue weighted by Crippen LogP contribution is 2.18. The second-order valence-electron chi connectivity index (χ2n) is 4.72. The Morgan fingerprint density at radius 3 is 2.88 bits per heavy atom. The number of rotatable bonds is 2. The van der Waals surface area contributed by atoms with Crippen LogP contribution in [-0.4, -0.2) is 24.0 Å². The zero-order valence-electron chi connectivity index (χ0n) is 10.2. The summed E-state index contributed by atoms with van der Waals surface area (Å²) in [6, 6.07) is 6.61. The lowest BCUT2D eigenvalue weighted by molar-refractivity contribution is 0.201. The number of likely N-dealkylation sites (tertiary alicyclic amines) is 1. The first-order valence-corrected chi connectivity index (χ1v) is 6.26. The molecule has 0 aromatic heterocycles. The summed E-state index contributed by atoms with van der Waals surface area (Å²) >= 11 is 6.01. The van der Waals surface area contributed by atoms with Crippen LogP contribution in [0.15, 0.2) is 18.2 Å². The van der Waals surface area contributed by atoms with E-state index in [0.29, 0.717) is 6.04 Å². The van der Waals surface area contributed by atoms with Crippen molar-refractivity contribution < 1.29 is 0 Å². The van der Waals surface area contributed by atoms with E-state index in [1.165, 1.54) is 12.0 Å². The van der Waals surface area contributed by atoms with Gasteiger partial charge < -0.3 is 5.73 Å². The van der Waals surface area contributed by atoms with Gasteiger partial charge in [0.1, 0.15) is 0 Å². The molecule has 1 aliphatic heterocycles. The second-order valence-corrected chi connectivity index (χ2v) is 5.13. The van der Waals surface area contributed by atoms with Crippen molar-refractivity contribution in [2.24, 2.45) is 5.73 Å². The first-order valence-electron chi connectivity index (χ1n) is 5.88. The number of aryl methyl sites for hydroxylation is 1. The SMILES string of the molecule is Cc1cc(CN2CCCC(N)C2)ccc1Cl.Cl. The molecule has 4 heteroatoms. The van der Waals surface area contributed by atoms with Gasteiger partial charge in [0.25, 0.3) is 0 Å². The van der Waals surface area contributed by atoms with Gasteiger partial charge in [-0.15, -0.1) is 12.4 Å². The first-order chi connectivity index (χ1) is 7.65. The molecule has 1 aromatic carbocycles. The fourth-order valence-electron chi connectivity index (χ4n) is 2.30. The monoisotopic (exact) mass is 274 g/mol. The maximum atomic E-state index is 6.01. The molecule has 2 N–H and O–H groups in total. The zero-order valence-corrected chi connectivity index (χ0v) is 11.7. The molecule has 0 radical (unpaired) electrons. The van der Waals surface area contributed by atoms with Crippen LogP contribution >= 0.6 is 24.0 Å². The molecule has 0 spiro atoms. The summed E-state index contributed by atoms with van der Waals surface area (Å²) in [4.78, 5) is 2.43. The number of nitrogens with zero attached hydrogens (tertiary/aromatic N) is 1. The van der Waals surface area contributed by atoms with E-state index in [1.807, 2.05) is 13.0 Å². The van der Waals surface area contributed by atoms with Crippen LogP contribution in [0.1, 0.15) is 24.0 Å². The third-order valence-electron chi connectivity index (χ3n) is 3.17. The molecular weight excluding hydrogens is 255 g/mol. The predicted molar refractivity (Wildman–Crippen MR) is 75.9 cm³/mol. The molecule has 0 aliphatic carbocycles. The van der Waals surface area contributed by atoms with Crippen molar-refractivity contribution in [3.63, 3.8) is 0 Å². The highest BCUT2D eigenvalue weighted by molar-refractivity contribution is 6.31. The Morgan fingerprint density at radius 1 is 1.47 bits per heavy atom. The average molecular weight is 275 g/mol. The summed E-state index contributed by atoms with van der Waals surface area (Å²) < 4.78 is 0. The smallest absolute Gasteiger partial charge is 0.0435 e. The van der Waals surface area contributed by atoms with E-state index >= 15 is 0 Å². The number of piperidine rings is 1. The van der Waals surface area contributed by atoms with Gasteiger partial charge in [-0.25, -0.2) is 0 Å². The summed E-state index contributed by atoms with van der Waals surface area (Å²) in [5.41, 5.74) is 8.45. The van der Waals surface area contributed by atoms with E-state index in [9.17, 15) is 0 Å². The number of hydrogen-bond acceptors (Lipinski definition) is 2. The zero-order chi connectivity index (χ0) is 11.5. The van der Waals surface area contributed by atoms with Crippen LogP contribution in [0, 0.1) is 6.92 Å². The molecule has 1 fully saturated rings. The molecule has 0 saturated carbocycles. The third-order valence-corrected chi connectivity index (χ3v) is 3.59. The molecule has 1 atom stereocenters. The normalized spacial score (nSPS) is 21.0. The van der Waals surface area contributed by atoms with Gasteiger partial charge in [-0.3, -0.25) is 4.90 Å². The molecule has 1 aromatic rings. The minimum Gasteiger partial charge on any atom is -0.327 e. The van der Waals surface area contributed by atoms with E-state index in [0.717, 1.165) is 36.6 Å². The Morgan fingerprint density at radius 2 is 2.24 bits per heavy atom. The molecule has 2 rings (SSSR count). The van der Waals surface area contributed by atoms with Gasteiger partial charge in [0, 0.05) is 24.2 Å². The molecule has 17 heavy (non-hydrogen) atoms. The lowest BCUT2D eigenvalue weighted by atomic mass is 10.1. The van der Waals surface area contributed by atoms with Gasteiger partial charge in [0.2, 0.25) is 0 Å². The average Bonchev–Trinajstić information content (AvgIpc) is 2.24. The summed E-state index contributed by atoms with van der Waals surface area (Å²) in [5, 5.41) is 0.846. The lowest BCUT2D eigenvalue weighted by Crippen LogP contribution is -2.42. The maximum Gasteiger partial charge on any atom is 0.0435 e.